The average molecular weight is 253 g/mol. The van der Waals surface area contributed by atoms with Crippen LogP contribution in [0, 0.1) is 11.8 Å². The molecule has 0 radical (unpaired) electrons. The first-order chi connectivity index (χ1) is 8.11. The van der Waals surface area contributed by atoms with Gasteiger partial charge in [0.15, 0.2) is 0 Å². The van der Waals surface area contributed by atoms with Crippen molar-refractivity contribution in [2.75, 3.05) is 0 Å². The second-order valence-electron chi connectivity index (χ2n) is 4.83. The van der Waals surface area contributed by atoms with E-state index >= 15 is 0 Å². The molecule has 2 rings (SSSR count). The van der Waals surface area contributed by atoms with Gasteiger partial charge in [0.1, 0.15) is 0 Å². The smallest absolute Gasteiger partial charge is 0.306 e. The van der Waals surface area contributed by atoms with E-state index in [1.165, 1.54) is 5.56 Å². The van der Waals surface area contributed by atoms with Crippen LogP contribution in [0.5, 0.6) is 0 Å². The van der Waals surface area contributed by atoms with Crippen molar-refractivity contribution in [3.8, 4) is 0 Å². The second kappa shape index (κ2) is 5.09. The molecule has 0 saturated heterocycles. The quantitative estimate of drug-likeness (QED) is 0.862. The molecule has 3 heteroatoms. The summed E-state index contributed by atoms with van der Waals surface area (Å²) >= 11 is 5.86. The first-order valence-electron chi connectivity index (χ1n) is 6.10. The molecule has 1 aromatic carbocycles. The topological polar surface area (TPSA) is 37.3 Å². The average Bonchev–Trinajstić information content (AvgIpc) is 3.07. The third-order valence-corrected chi connectivity index (χ3v) is 3.91. The number of rotatable bonds is 5. The summed E-state index contributed by atoms with van der Waals surface area (Å²) in [6, 6.07) is 7.91. The number of hydrogen-bond acceptors (Lipinski definition) is 1. The van der Waals surface area contributed by atoms with Crippen LogP contribution in [-0.4, -0.2) is 11.1 Å². The third kappa shape index (κ3) is 3.01. The molecule has 1 aliphatic carbocycles. The highest BCUT2D eigenvalue weighted by atomic mass is 35.5. The lowest BCUT2D eigenvalue weighted by atomic mass is 9.91. The number of carboxylic acid groups (broad SMARTS) is 1. The molecule has 1 aromatic rings. The van der Waals surface area contributed by atoms with Crippen molar-refractivity contribution in [1.82, 2.24) is 0 Å². The SMILES string of the molecule is CCC(CC1CC1C(=O)O)c1ccc(Cl)cc1. The predicted octanol–water partition coefficient (Wildman–Crippen LogP) is 3.94. The molecule has 3 atom stereocenters. The summed E-state index contributed by atoms with van der Waals surface area (Å²) in [5, 5.41) is 9.65. The number of aliphatic carboxylic acids is 1. The Morgan fingerprint density at radius 2 is 2.12 bits per heavy atom. The van der Waals surface area contributed by atoms with Crippen LogP contribution in [0.4, 0.5) is 0 Å². The number of carboxylic acids is 1. The Bertz CT molecular complexity index is 399. The maximum Gasteiger partial charge on any atom is 0.306 e. The van der Waals surface area contributed by atoms with Crippen LogP contribution in [0.15, 0.2) is 24.3 Å². The van der Waals surface area contributed by atoms with Gasteiger partial charge in [0.05, 0.1) is 5.92 Å². The van der Waals surface area contributed by atoms with E-state index in [9.17, 15) is 4.79 Å². The van der Waals surface area contributed by atoms with Crippen molar-refractivity contribution >= 4 is 17.6 Å². The summed E-state index contributed by atoms with van der Waals surface area (Å²) in [6.45, 7) is 2.15. The van der Waals surface area contributed by atoms with Gasteiger partial charge in [-0.15, -0.1) is 0 Å². The predicted molar refractivity (Wildman–Crippen MR) is 68.3 cm³/mol. The van der Waals surface area contributed by atoms with Crippen LogP contribution in [0.1, 0.15) is 37.7 Å². The Morgan fingerprint density at radius 3 is 2.59 bits per heavy atom. The van der Waals surface area contributed by atoms with Crippen molar-refractivity contribution in [2.24, 2.45) is 11.8 Å². The fourth-order valence-electron chi connectivity index (χ4n) is 2.45. The fourth-order valence-corrected chi connectivity index (χ4v) is 2.58. The van der Waals surface area contributed by atoms with Gasteiger partial charge in [-0.1, -0.05) is 30.7 Å². The molecule has 0 amide bonds. The number of halogens is 1. The molecule has 17 heavy (non-hydrogen) atoms. The molecular weight excluding hydrogens is 236 g/mol. The van der Waals surface area contributed by atoms with Gasteiger partial charge in [0.2, 0.25) is 0 Å². The zero-order valence-corrected chi connectivity index (χ0v) is 10.7. The van der Waals surface area contributed by atoms with E-state index < -0.39 is 5.97 Å². The molecule has 0 bridgehead atoms. The van der Waals surface area contributed by atoms with E-state index in [0.29, 0.717) is 11.8 Å². The van der Waals surface area contributed by atoms with E-state index in [1.807, 2.05) is 12.1 Å². The molecule has 3 unspecified atom stereocenters. The lowest BCUT2D eigenvalue weighted by Gasteiger charge is -2.15. The molecule has 92 valence electrons. The molecule has 1 saturated carbocycles. The lowest BCUT2D eigenvalue weighted by Crippen LogP contribution is -2.03. The van der Waals surface area contributed by atoms with Gasteiger partial charge < -0.3 is 5.11 Å². The largest absolute Gasteiger partial charge is 0.481 e. The van der Waals surface area contributed by atoms with Gasteiger partial charge >= 0.3 is 5.97 Å². The Morgan fingerprint density at radius 1 is 1.47 bits per heavy atom. The lowest BCUT2D eigenvalue weighted by molar-refractivity contribution is -0.138. The normalized spacial score (nSPS) is 24.4. The Labute approximate surface area is 107 Å². The standard InChI is InChI=1S/C14H17ClO2/c1-2-9(7-11-8-13(11)14(16)17)10-3-5-12(15)6-4-10/h3-6,9,11,13H,2,7-8H2,1H3,(H,16,17). The number of benzene rings is 1. The molecule has 0 aromatic heterocycles. The van der Waals surface area contributed by atoms with Crippen LogP contribution in [0.3, 0.4) is 0 Å². The first-order valence-corrected chi connectivity index (χ1v) is 6.48. The highest BCUT2D eigenvalue weighted by Crippen LogP contribution is 2.46. The summed E-state index contributed by atoms with van der Waals surface area (Å²) in [7, 11) is 0. The Hall–Kier alpha value is -1.02. The van der Waals surface area contributed by atoms with Crippen molar-refractivity contribution < 1.29 is 9.90 Å². The summed E-state index contributed by atoms with van der Waals surface area (Å²) in [4.78, 5) is 10.8. The van der Waals surface area contributed by atoms with Gasteiger partial charge in [0, 0.05) is 5.02 Å². The Balaban J connectivity index is 1.98. The monoisotopic (exact) mass is 252 g/mol. The van der Waals surface area contributed by atoms with Crippen LogP contribution >= 0.6 is 11.6 Å². The zero-order valence-electron chi connectivity index (χ0n) is 9.90. The Kier molecular flexibility index (Phi) is 3.72. The van der Waals surface area contributed by atoms with E-state index in [1.54, 1.807) is 0 Å². The zero-order chi connectivity index (χ0) is 12.4. The van der Waals surface area contributed by atoms with Gasteiger partial charge in [-0.2, -0.15) is 0 Å². The maximum atomic E-state index is 10.8. The van der Waals surface area contributed by atoms with E-state index in [2.05, 4.69) is 19.1 Å². The minimum atomic E-state index is -0.638. The van der Waals surface area contributed by atoms with Crippen LogP contribution in [0.2, 0.25) is 5.02 Å². The van der Waals surface area contributed by atoms with Gasteiger partial charge in [-0.3, -0.25) is 4.79 Å². The van der Waals surface area contributed by atoms with Crippen LogP contribution < -0.4 is 0 Å². The molecule has 1 N–H and O–H groups in total. The van der Waals surface area contributed by atoms with Gasteiger partial charge in [0.25, 0.3) is 0 Å². The van der Waals surface area contributed by atoms with E-state index in [0.717, 1.165) is 24.3 Å². The van der Waals surface area contributed by atoms with Crippen molar-refractivity contribution in [2.45, 2.75) is 32.1 Å². The van der Waals surface area contributed by atoms with E-state index in [-0.39, 0.29) is 5.92 Å². The van der Waals surface area contributed by atoms with Gasteiger partial charge in [-0.25, -0.2) is 0 Å². The summed E-state index contributed by atoms with van der Waals surface area (Å²) in [6.07, 6.45) is 2.87. The van der Waals surface area contributed by atoms with Crippen molar-refractivity contribution in [1.29, 1.82) is 0 Å². The highest BCUT2D eigenvalue weighted by molar-refractivity contribution is 6.30. The molecule has 1 aliphatic rings. The highest BCUT2D eigenvalue weighted by Gasteiger charge is 2.43. The summed E-state index contributed by atoms with van der Waals surface area (Å²) in [5.74, 6) is 0.0899. The molecule has 1 fully saturated rings. The van der Waals surface area contributed by atoms with Crippen LogP contribution in [0.25, 0.3) is 0 Å². The maximum absolute atomic E-state index is 10.8. The fraction of sp³-hybridized carbons (Fsp3) is 0.500. The molecule has 2 nitrogen and oxygen atoms in total. The third-order valence-electron chi connectivity index (χ3n) is 3.66. The van der Waals surface area contributed by atoms with Crippen molar-refractivity contribution in [3.63, 3.8) is 0 Å². The van der Waals surface area contributed by atoms with Gasteiger partial charge in [-0.05, 0) is 48.8 Å². The minimum absolute atomic E-state index is 0.101. The van der Waals surface area contributed by atoms with Crippen molar-refractivity contribution in [3.05, 3.63) is 34.9 Å². The summed E-state index contributed by atoms with van der Waals surface area (Å²) < 4.78 is 0. The second-order valence-corrected chi connectivity index (χ2v) is 5.27. The number of hydrogen-bond donors (Lipinski definition) is 1. The molecular formula is C14H17ClO2. The molecule has 0 heterocycles. The first kappa shape index (κ1) is 12.4. The molecule has 0 aliphatic heterocycles. The number of carbonyl (C=O) groups is 1. The summed E-state index contributed by atoms with van der Waals surface area (Å²) in [5.41, 5.74) is 1.27. The van der Waals surface area contributed by atoms with Crippen LogP contribution in [-0.2, 0) is 4.79 Å². The van der Waals surface area contributed by atoms with E-state index in [4.69, 9.17) is 16.7 Å². The molecule has 0 spiro atoms. The minimum Gasteiger partial charge on any atom is -0.481 e.